The molecule has 2 saturated heterocycles. The van der Waals surface area contributed by atoms with Gasteiger partial charge in [-0.25, -0.2) is 0 Å². The molecule has 0 unspecified atom stereocenters. The zero-order valence-corrected chi connectivity index (χ0v) is 17.8. The first-order valence-electron chi connectivity index (χ1n) is 8.87. The summed E-state index contributed by atoms with van der Waals surface area (Å²) in [6, 6.07) is 0. The minimum Gasteiger partial charge on any atom is -0.356 e. The molecule has 2 heterocycles. The molecule has 6 heteroatoms. The first kappa shape index (κ1) is 21.0. The van der Waals surface area contributed by atoms with E-state index in [1.54, 1.807) is 0 Å². The van der Waals surface area contributed by atoms with Crippen molar-refractivity contribution in [2.24, 2.45) is 10.4 Å². The molecule has 0 saturated carbocycles. The summed E-state index contributed by atoms with van der Waals surface area (Å²) in [5, 5.41) is 3.55. The van der Waals surface area contributed by atoms with Crippen LogP contribution in [0, 0.1) is 5.41 Å². The van der Waals surface area contributed by atoms with Gasteiger partial charge in [-0.05, 0) is 51.4 Å². The monoisotopic (exact) mass is 437 g/mol. The number of halogens is 1. The normalized spacial score (nSPS) is 23.5. The molecule has 0 aliphatic carbocycles. The summed E-state index contributed by atoms with van der Waals surface area (Å²) in [5.41, 5.74) is 0.426. The van der Waals surface area contributed by atoms with Crippen molar-refractivity contribution in [2.75, 3.05) is 66.5 Å². The van der Waals surface area contributed by atoms with Crippen LogP contribution in [0.5, 0.6) is 0 Å². The number of nitrogens with zero attached hydrogens (tertiary/aromatic N) is 4. The van der Waals surface area contributed by atoms with Crippen molar-refractivity contribution >= 4 is 29.9 Å². The summed E-state index contributed by atoms with van der Waals surface area (Å²) >= 11 is 0. The first-order chi connectivity index (χ1) is 10.5. The van der Waals surface area contributed by atoms with Crippen molar-refractivity contribution in [1.82, 2.24) is 20.0 Å². The molecule has 136 valence electrons. The third-order valence-corrected chi connectivity index (χ3v) is 4.94. The topological polar surface area (TPSA) is 34.1 Å². The van der Waals surface area contributed by atoms with E-state index in [0.29, 0.717) is 5.41 Å². The van der Waals surface area contributed by atoms with E-state index in [1.807, 2.05) is 7.05 Å². The summed E-state index contributed by atoms with van der Waals surface area (Å²) in [5.74, 6) is 1.08. The number of guanidine groups is 1. The summed E-state index contributed by atoms with van der Waals surface area (Å²) in [6.07, 6.45) is 3.75. The molecular weight excluding hydrogens is 401 g/mol. The SMILES string of the molecule is CN=C(NCCCN1CCCN(C)CC1)N1CCC(C)(C)C1.I. The molecule has 0 atom stereocenters. The number of likely N-dealkylation sites (tertiary alicyclic amines) is 1. The summed E-state index contributed by atoms with van der Waals surface area (Å²) in [6.45, 7) is 14.1. The number of aliphatic imine (C=N–C) groups is 1. The van der Waals surface area contributed by atoms with Crippen LogP contribution >= 0.6 is 24.0 Å². The average Bonchev–Trinajstić information content (AvgIpc) is 2.70. The third kappa shape index (κ3) is 7.13. The lowest BCUT2D eigenvalue weighted by Crippen LogP contribution is -2.41. The van der Waals surface area contributed by atoms with Crippen molar-refractivity contribution in [3.63, 3.8) is 0 Å². The second-order valence-corrected chi connectivity index (χ2v) is 7.66. The molecule has 0 aromatic heterocycles. The highest BCUT2D eigenvalue weighted by molar-refractivity contribution is 14.0. The van der Waals surface area contributed by atoms with Crippen molar-refractivity contribution in [1.29, 1.82) is 0 Å². The van der Waals surface area contributed by atoms with Crippen molar-refractivity contribution < 1.29 is 0 Å². The standard InChI is InChI=1S/C17H35N5.HI/c1-17(2)7-12-22(15-17)16(18-3)19-8-5-10-21-11-6-9-20(4)13-14-21;/h5-15H2,1-4H3,(H,18,19);1H. The van der Waals surface area contributed by atoms with Gasteiger partial charge in [-0.1, -0.05) is 13.8 Å². The lowest BCUT2D eigenvalue weighted by atomic mass is 9.93. The van der Waals surface area contributed by atoms with E-state index in [2.05, 4.69) is 45.9 Å². The van der Waals surface area contributed by atoms with Crippen LogP contribution in [0.1, 0.15) is 33.1 Å². The van der Waals surface area contributed by atoms with Gasteiger partial charge in [-0.3, -0.25) is 4.99 Å². The van der Waals surface area contributed by atoms with E-state index >= 15 is 0 Å². The van der Waals surface area contributed by atoms with E-state index in [9.17, 15) is 0 Å². The van der Waals surface area contributed by atoms with Gasteiger partial charge in [0.05, 0.1) is 0 Å². The number of rotatable bonds is 4. The van der Waals surface area contributed by atoms with Gasteiger partial charge in [0.25, 0.3) is 0 Å². The van der Waals surface area contributed by atoms with Crippen LogP contribution in [0.3, 0.4) is 0 Å². The summed E-state index contributed by atoms with van der Waals surface area (Å²) in [4.78, 5) is 11.9. The van der Waals surface area contributed by atoms with Gasteiger partial charge in [0.15, 0.2) is 5.96 Å². The van der Waals surface area contributed by atoms with Gasteiger partial charge in [0.1, 0.15) is 0 Å². The predicted molar refractivity (Wildman–Crippen MR) is 110 cm³/mol. The van der Waals surface area contributed by atoms with Crippen molar-refractivity contribution in [2.45, 2.75) is 33.1 Å². The zero-order valence-electron chi connectivity index (χ0n) is 15.5. The highest BCUT2D eigenvalue weighted by Gasteiger charge is 2.30. The molecule has 2 aliphatic heterocycles. The molecule has 0 bridgehead atoms. The maximum absolute atomic E-state index is 4.46. The molecule has 23 heavy (non-hydrogen) atoms. The minimum atomic E-state index is 0. The Morgan fingerprint density at radius 1 is 1.13 bits per heavy atom. The minimum absolute atomic E-state index is 0. The molecule has 0 radical (unpaired) electrons. The second-order valence-electron chi connectivity index (χ2n) is 7.66. The Bertz CT molecular complexity index is 372. The molecule has 0 aromatic carbocycles. The van der Waals surface area contributed by atoms with Crippen LogP contribution in [0.4, 0.5) is 0 Å². The van der Waals surface area contributed by atoms with Gasteiger partial charge >= 0.3 is 0 Å². The summed E-state index contributed by atoms with van der Waals surface area (Å²) < 4.78 is 0. The molecule has 0 aromatic rings. The predicted octanol–water partition coefficient (Wildman–Crippen LogP) is 1.94. The fourth-order valence-corrected chi connectivity index (χ4v) is 3.45. The van der Waals surface area contributed by atoms with Gasteiger partial charge in [0, 0.05) is 39.8 Å². The molecule has 2 rings (SSSR count). The maximum Gasteiger partial charge on any atom is 0.193 e. The number of likely N-dealkylation sites (N-methyl/N-ethyl adjacent to an activating group) is 1. The van der Waals surface area contributed by atoms with E-state index < -0.39 is 0 Å². The Kier molecular flexibility index (Phi) is 9.15. The van der Waals surface area contributed by atoms with Crippen LogP contribution in [-0.4, -0.2) is 87.1 Å². The van der Waals surface area contributed by atoms with E-state index in [4.69, 9.17) is 0 Å². The van der Waals surface area contributed by atoms with Crippen LogP contribution in [0.2, 0.25) is 0 Å². The second kappa shape index (κ2) is 10.0. The number of hydrogen-bond donors (Lipinski definition) is 1. The molecule has 0 spiro atoms. The number of nitrogens with one attached hydrogen (secondary N) is 1. The smallest absolute Gasteiger partial charge is 0.193 e. The fraction of sp³-hybridized carbons (Fsp3) is 0.941. The van der Waals surface area contributed by atoms with Crippen LogP contribution < -0.4 is 5.32 Å². The van der Waals surface area contributed by atoms with E-state index in [1.165, 1.54) is 52.0 Å². The lowest BCUT2D eigenvalue weighted by Gasteiger charge is -2.24. The summed E-state index contributed by atoms with van der Waals surface area (Å²) in [7, 11) is 4.13. The molecule has 2 fully saturated rings. The van der Waals surface area contributed by atoms with E-state index in [-0.39, 0.29) is 24.0 Å². The Morgan fingerprint density at radius 2 is 1.91 bits per heavy atom. The largest absolute Gasteiger partial charge is 0.356 e. The third-order valence-electron chi connectivity index (χ3n) is 4.94. The van der Waals surface area contributed by atoms with Gasteiger partial charge < -0.3 is 20.0 Å². The Balaban J connectivity index is 0.00000264. The van der Waals surface area contributed by atoms with Crippen molar-refractivity contribution in [3.05, 3.63) is 0 Å². The van der Waals surface area contributed by atoms with Gasteiger partial charge in [0.2, 0.25) is 0 Å². The Morgan fingerprint density at radius 3 is 2.57 bits per heavy atom. The van der Waals surface area contributed by atoms with Gasteiger partial charge in [-0.2, -0.15) is 0 Å². The molecule has 2 aliphatic rings. The van der Waals surface area contributed by atoms with E-state index in [0.717, 1.165) is 25.6 Å². The molecule has 0 amide bonds. The first-order valence-corrected chi connectivity index (χ1v) is 8.87. The van der Waals surface area contributed by atoms with Gasteiger partial charge in [-0.15, -0.1) is 24.0 Å². The fourth-order valence-electron chi connectivity index (χ4n) is 3.45. The lowest BCUT2D eigenvalue weighted by molar-refractivity contribution is 0.273. The van der Waals surface area contributed by atoms with Crippen LogP contribution in [0.25, 0.3) is 0 Å². The van der Waals surface area contributed by atoms with Crippen molar-refractivity contribution in [3.8, 4) is 0 Å². The average molecular weight is 437 g/mol. The maximum atomic E-state index is 4.46. The molecule has 1 N–H and O–H groups in total. The molecular formula is C17H36IN5. The number of hydrogen-bond acceptors (Lipinski definition) is 3. The quantitative estimate of drug-likeness (QED) is 0.316. The highest BCUT2D eigenvalue weighted by atomic mass is 127. The Hall–Kier alpha value is -0.0800. The highest BCUT2D eigenvalue weighted by Crippen LogP contribution is 2.28. The zero-order chi connectivity index (χ0) is 16.0. The van der Waals surface area contributed by atoms with Crippen LogP contribution in [-0.2, 0) is 0 Å². The molecule has 5 nitrogen and oxygen atoms in total. The van der Waals surface area contributed by atoms with Crippen LogP contribution in [0.15, 0.2) is 4.99 Å². The Labute approximate surface area is 159 Å².